The van der Waals surface area contributed by atoms with E-state index in [9.17, 15) is 0 Å². The van der Waals surface area contributed by atoms with Gasteiger partial charge >= 0.3 is 0 Å². The van der Waals surface area contributed by atoms with E-state index in [2.05, 4.69) is 14.7 Å². The largest absolute Gasteiger partial charge is 0.497 e. The molecule has 1 fully saturated rings. The molecule has 4 heteroatoms. The molecule has 3 heterocycles. The van der Waals surface area contributed by atoms with Crippen molar-refractivity contribution in [1.29, 1.82) is 0 Å². The van der Waals surface area contributed by atoms with Gasteiger partial charge < -0.3 is 14.5 Å². The van der Waals surface area contributed by atoms with Gasteiger partial charge in [0.15, 0.2) is 0 Å². The lowest BCUT2D eigenvalue weighted by Gasteiger charge is -2.25. The molecule has 0 aromatic carbocycles. The fraction of sp³-hybridized carbons (Fsp3) is 0.364. The Kier molecular flexibility index (Phi) is 1.89. The number of hydrogen-bond donors (Lipinski definition) is 1. The minimum absolute atomic E-state index is 0.556. The molecule has 0 radical (unpaired) electrons. The topological polar surface area (TPSA) is 38.6 Å². The highest BCUT2D eigenvalue weighted by Gasteiger charge is 2.22. The van der Waals surface area contributed by atoms with Crippen molar-refractivity contribution >= 4 is 5.52 Å². The Balaban J connectivity index is 2.09. The van der Waals surface area contributed by atoms with Gasteiger partial charge in [-0.25, -0.2) is 4.98 Å². The molecule has 0 saturated carbocycles. The van der Waals surface area contributed by atoms with Crippen LogP contribution < -0.4 is 10.1 Å². The molecule has 0 bridgehead atoms. The second kappa shape index (κ2) is 3.24. The predicted octanol–water partition coefficient (Wildman–Crippen LogP) is 1.03. The first-order valence-electron chi connectivity index (χ1n) is 5.10. The lowest BCUT2D eigenvalue weighted by molar-refractivity contribution is 0.413. The van der Waals surface area contributed by atoms with Gasteiger partial charge in [-0.3, -0.25) is 0 Å². The molecule has 0 unspecified atom stereocenters. The maximum Gasteiger partial charge on any atom is 0.122 e. The van der Waals surface area contributed by atoms with Crippen LogP contribution in [0.5, 0.6) is 5.75 Å². The third-order valence-corrected chi connectivity index (χ3v) is 2.91. The molecule has 2 aromatic rings. The zero-order valence-electron chi connectivity index (χ0n) is 8.60. The molecular weight excluding hydrogens is 190 g/mol. The third kappa shape index (κ3) is 1.29. The van der Waals surface area contributed by atoms with Crippen LogP contribution in [0.2, 0.25) is 0 Å². The van der Waals surface area contributed by atoms with Crippen molar-refractivity contribution in [3.8, 4) is 5.75 Å². The van der Waals surface area contributed by atoms with Gasteiger partial charge in [0.1, 0.15) is 11.6 Å². The number of methoxy groups -OCH3 is 1. The van der Waals surface area contributed by atoms with Crippen LogP contribution in [0.4, 0.5) is 0 Å². The first kappa shape index (κ1) is 8.73. The van der Waals surface area contributed by atoms with Crippen LogP contribution >= 0.6 is 0 Å². The molecule has 78 valence electrons. The molecular formula is C11H13N3O. The van der Waals surface area contributed by atoms with E-state index in [4.69, 9.17) is 4.74 Å². The van der Waals surface area contributed by atoms with Crippen molar-refractivity contribution in [3.05, 3.63) is 30.4 Å². The number of fused-ring (bicyclic) bond motifs is 1. The molecule has 3 rings (SSSR count). The number of ether oxygens (including phenoxy) is 1. The van der Waals surface area contributed by atoms with Crippen molar-refractivity contribution in [2.75, 3.05) is 20.2 Å². The van der Waals surface area contributed by atoms with Gasteiger partial charge in [-0.2, -0.15) is 0 Å². The zero-order valence-corrected chi connectivity index (χ0v) is 8.60. The van der Waals surface area contributed by atoms with Crippen molar-refractivity contribution in [3.63, 3.8) is 0 Å². The van der Waals surface area contributed by atoms with Crippen LogP contribution in [0.15, 0.2) is 24.5 Å². The Hall–Kier alpha value is -1.55. The molecule has 0 spiro atoms. The van der Waals surface area contributed by atoms with Gasteiger partial charge in [0, 0.05) is 31.3 Å². The fourth-order valence-corrected chi connectivity index (χ4v) is 1.90. The van der Waals surface area contributed by atoms with E-state index in [0.717, 1.165) is 30.2 Å². The van der Waals surface area contributed by atoms with E-state index >= 15 is 0 Å². The van der Waals surface area contributed by atoms with Gasteiger partial charge in [-0.1, -0.05) is 0 Å². The Bertz CT molecular complexity index is 488. The molecule has 4 nitrogen and oxygen atoms in total. The Morgan fingerprint density at radius 1 is 1.53 bits per heavy atom. The highest BCUT2D eigenvalue weighted by atomic mass is 16.5. The highest BCUT2D eigenvalue weighted by molar-refractivity contribution is 5.51. The summed E-state index contributed by atoms with van der Waals surface area (Å²) in [6.07, 6.45) is 3.92. The second-order valence-corrected chi connectivity index (χ2v) is 3.83. The van der Waals surface area contributed by atoms with E-state index in [0.29, 0.717) is 5.92 Å². The average molecular weight is 203 g/mol. The summed E-state index contributed by atoms with van der Waals surface area (Å²) in [5, 5.41) is 3.26. The first-order valence-corrected chi connectivity index (χ1v) is 5.10. The Morgan fingerprint density at radius 3 is 3.07 bits per heavy atom. The maximum absolute atomic E-state index is 5.18. The summed E-state index contributed by atoms with van der Waals surface area (Å²) >= 11 is 0. The van der Waals surface area contributed by atoms with Crippen LogP contribution in [-0.4, -0.2) is 29.6 Å². The summed E-state index contributed by atoms with van der Waals surface area (Å²) in [7, 11) is 1.68. The quantitative estimate of drug-likeness (QED) is 0.792. The number of rotatable bonds is 2. The monoisotopic (exact) mass is 203 g/mol. The number of pyridine rings is 1. The summed E-state index contributed by atoms with van der Waals surface area (Å²) in [5.74, 6) is 2.58. The summed E-state index contributed by atoms with van der Waals surface area (Å²) < 4.78 is 7.31. The smallest absolute Gasteiger partial charge is 0.122 e. The number of aromatic nitrogens is 2. The Morgan fingerprint density at radius 2 is 2.40 bits per heavy atom. The predicted molar refractivity (Wildman–Crippen MR) is 57.4 cm³/mol. The summed E-state index contributed by atoms with van der Waals surface area (Å²) in [4.78, 5) is 4.46. The summed E-state index contributed by atoms with van der Waals surface area (Å²) in [5.41, 5.74) is 1.09. The molecule has 1 aliphatic rings. The minimum Gasteiger partial charge on any atom is -0.497 e. The number of nitrogens with one attached hydrogen (secondary N) is 1. The number of imidazole rings is 1. The number of nitrogens with zero attached hydrogens (tertiary/aromatic N) is 2. The van der Waals surface area contributed by atoms with Crippen molar-refractivity contribution in [1.82, 2.24) is 14.7 Å². The van der Waals surface area contributed by atoms with E-state index in [1.165, 1.54) is 0 Å². The van der Waals surface area contributed by atoms with Crippen molar-refractivity contribution in [2.45, 2.75) is 5.92 Å². The van der Waals surface area contributed by atoms with Gasteiger partial charge in [0.2, 0.25) is 0 Å². The summed E-state index contributed by atoms with van der Waals surface area (Å²) in [6, 6.07) is 3.97. The van der Waals surface area contributed by atoms with Gasteiger partial charge in [-0.15, -0.1) is 0 Å². The molecule has 0 atom stereocenters. The van der Waals surface area contributed by atoms with Gasteiger partial charge in [0.25, 0.3) is 0 Å². The van der Waals surface area contributed by atoms with Crippen LogP contribution in [0, 0.1) is 0 Å². The molecule has 2 aromatic heterocycles. The summed E-state index contributed by atoms with van der Waals surface area (Å²) in [6.45, 7) is 2.07. The second-order valence-electron chi connectivity index (χ2n) is 3.83. The highest BCUT2D eigenvalue weighted by Crippen LogP contribution is 2.22. The van der Waals surface area contributed by atoms with Crippen molar-refractivity contribution < 1.29 is 4.74 Å². The normalized spacial score (nSPS) is 16.6. The van der Waals surface area contributed by atoms with Crippen molar-refractivity contribution in [2.24, 2.45) is 0 Å². The average Bonchev–Trinajstić information content (AvgIpc) is 2.59. The van der Waals surface area contributed by atoms with Crippen LogP contribution in [-0.2, 0) is 0 Å². The molecule has 1 aliphatic heterocycles. The zero-order chi connectivity index (χ0) is 10.3. The molecule has 15 heavy (non-hydrogen) atoms. The molecule has 0 amide bonds. The van der Waals surface area contributed by atoms with Gasteiger partial charge in [-0.05, 0) is 6.07 Å². The number of hydrogen-bond acceptors (Lipinski definition) is 3. The van der Waals surface area contributed by atoms with E-state index < -0.39 is 0 Å². The maximum atomic E-state index is 5.18. The van der Waals surface area contributed by atoms with Crippen LogP contribution in [0.1, 0.15) is 11.7 Å². The van der Waals surface area contributed by atoms with Gasteiger partial charge in [0.05, 0.1) is 18.8 Å². The minimum atomic E-state index is 0.556. The first-order chi connectivity index (χ1) is 7.38. The molecule has 0 aliphatic carbocycles. The molecule has 1 N–H and O–H groups in total. The lowest BCUT2D eigenvalue weighted by Crippen LogP contribution is -2.40. The third-order valence-electron chi connectivity index (χ3n) is 2.91. The van der Waals surface area contributed by atoms with E-state index in [1.807, 2.05) is 24.5 Å². The standard InChI is InChI=1S/C11H13N3O/c1-15-10-2-3-14-9(4-10)7-13-11(14)8-5-12-6-8/h2-4,7-8,12H,5-6H2,1H3. The fourth-order valence-electron chi connectivity index (χ4n) is 1.90. The Labute approximate surface area is 87.9 Å². The SMILES string of the molecule is COc1ccn2c(C3CNC3)ncc2c1. The van der Waals surface area contributed by atoms with Crippen LogP contribution in [0.25, 0.3) is 5.52 Å². The van der Waals surface area contributed by atoms with E-state index in [1.54, 1.807) is 7.11 Å². The van der Waals surface area contributed by atoms with E-state index in [-0.39, 0.29) is 0 Å². The molecule has 1 saturated heterocycles. The van der Waals surface area contributed by atoms with Crippen LogP contribution in [0.3, 0.4) is 0 Å². The lowest BCUT2D eigenvalue weighted by atomic mass is 10.0.